The zero-order valence-corrected chi connectivity index (χ0v) is 9.17. The van der Waals surface area contributed by atoms with Crippen molar-refractivity contribution in [2.45, 2.75) is 20.0 Å². The number of hydrogen-bond donors (Lipinski definition) is 0. The molecule has 0 aromatic heterocycles. The Morgan fingerprint density at radius 1 is 1.14 bits per heavy atom. The van der Waals surface area contributed by atoms with Crippen LogP contribution in [-0.2, 0) is 27.3 Å². The van der Waals surface area contributed by atoms with Crippen molar-refractivity contribution in [2.24, 2.45) is 0 Å². The van der Waals surface area contributed by atoms with Gasteiger partial charge >= 0.3 is 0 Å². The molecule has 0 amide bonds. The van der Waals surface area contributed by atoms with E-state index in [2.05, 4.69) is 11.1 Å². The molecule has 3 nitrogen and oxygen atoms in total. The van der Waals surface area contributed by atoms with E-state index in [0.717, 1.165) is 18.2 Å². The van der Waals surface area contributed by atoms with Crippen LogP contribution in [0, 0.1) is 0 Å². The highest BCUT2D eigenvalue weighted by Crippen LogP contribution is 2.07. The highest BCUT2D eigenvalue weighted by atomic mass is 32.2. The lowest BCUT2D eigenvalue weighted by molar-refractivity contribution is 0.311. The quantitative estimate of drug-likeness (QED) is 0.717. The Balaban J connectivity index is 2.61. The van der Waals surface area contributed by atoms with Crippen LogP contribution in [0.15, 0.2) is 24.3 Å². The molecule has 0 spiro atoms. The van der Waals surface area contributed by atoms with Gasteiger partial charge in [0, 0.05) is 0 Å². The smallest absolute Gasteiger partial charge is 0.264 e. The van der Waals surface area contributed by atoms with Crippen LogP contribution < -0.4 is 0 Å². The highest BCUT2D eigenvalue weighted by Gasteiger charge is 2.01. The summed E-state index contributed by atoms with van der Waals surface area (Å²) in [7, 11) is -3.34. The van der Waals surface area contributed by atoms with Gasteiger partial charge in [-0.1, -0.05) is 31.2 Å². The molecule has 14 heavy (non-hydrogen) atoms. The fourth-order valence-electron chi connectivity index (χ4n) is 1.05. The summed E-state index contributed by atoms with van der Waals surface area (Å²) in [4.78, 5) is 0. The second-order valence-corrected chi connectivity index (χ2v) is 4.78. The SMILES string of the molecule is CCc1ccc(COS(C)(=O)=O)cc1. The maximum absolute atomic E-state index is 10.7. The summed E-state index contributed by atoms with van der Waals surface area (Å²) in [5, 5.41) is 0. The van der Waals surface area contributed by atoms with Crippen LogP contribution >= 0.6 is 0 Å². The van der Waals surface area contributed by atoms with Crippen molar-refractivity contribution in [3.05, 3.63) is 35.4 Å². The first-order valence-electron chi connectivity index (χ1n) is 4.43. The Labute approximate surface area is 84.8 Å². The Bertz CT molecular complexity index is 378. The molecule has 4 heteroatoms. The van der Waals surface area contributed by atoms with E-state index in [1.54, 1.807) is 0 Å². The van der Waals surface area contributed by atoms with Crippen LogP contribution in [0.4, 0.5) is 0 Å². The van der Waals surface area contributed by atoms with Gasteiger partial charge in [0.25, 0.3) is 10.1 Å². The maximum atomic E-state index is 10.7. The second kappa shape index (κ2) is 4.57. The van der Waals surface area contributed by atoms with Crippen molar-refractivity contribution in [2.75, 3.05) is 6.26 Å². The predicted molar refractivity (Wildman–Crippen MR) is 55.5 cm³/mol. The van der Waals surface area contributed by atoms with Crippen LogP contribution in [0.1, 0.15) is 18.1 Å². The summed E-state index contributed by atoms with van der Waals surface area (Å²) in [6, 6.07) is 7.70. The van der Waals surface area contributed by atoms with E-state index in [-0.39, 0.29) is 6.61 Å². The third-order valence-electron chi connectivity index (χ3n) is 1.87. The first-order chi connectivity index (χ1) is 6.51. The molecule has 0 aliphatic carbocycles. The summed E-state index contributed by atoms with van der Waals surface area (Å²) in [5.41, 5.74) is 2.10. The lowest BCUT2D eigenvalue weighted by Gasteiger charge is -2.02. The predicted octanol–water partition coefficient (Wildman–Crippen LogP) is 1.73. The number of aryl methyl sites for hydroxylation is 1. The van der Waals surface area contributed by atoms with E-state index in [1.165, 1.54) is 5.56 Å². The fourth-order valence-corrected chi connectivity index (χ4v) is 1.40. The zero-order valence-electron chi connectivity index (χ0n) is 8.36. The minimum Gasteiger partial charge on any atom is -0.265 e. The summed E-state index contributed by atoms with van der Waals surface area (Å²) >= 11 is 0. The van der Waals surface area contributed by atoms with E-state index >= 15 is 0 Å². The number of rotatable bonds is 4. The van der Waals surface area contributed by atoms with Gasteiger partial charge in [0.1, 0.15) is 0 Å². The Kier molecular flexibility index (Phi) is 3.66. The molecule has 0 fully saturated rings. The van der Waals surface area contributed by atoms with Gasteiger partial charge in [-0.2, -0.15) is 8.42 Å². The highest BCUT2D eigenvalue weighted by molar-refractivity contribution is 7.85. The lowest BCUT2D eigenvalue weighted by Crippen LogP contribution is -2.02. The zero-order chi connectivity index (χ0) is 10.6. The summed E-state index contributed by atoms with van der Waals surface area (Å²) in [5.74, 6) is 0. The molecule has 0 saturated carbocycles. The van der Waals surface area contributed by atoms with Crippen molar-refractivity contribution < 1.29 is 12.6 Å². The van der Waals surface area contributed by atoms with Crippen LogP contribution in [0.2, 0.25) is 0 Å². The van der Waals surface area contributed by atoms with Crippen LogP contribution in [0.25, 0.3) is 0 Å². The average molecular weight is 214 g/mol. The van der Waals surface area contributed by atoms with Crippen LogP contribution in [-0.4, -0.2) is 14.7 Å². The summed E-state index contributed by atoms with van der Waals surface area (Å²) < 4.78 is 26.1. The lowest BCUT2D eigenvalue weighted by atomic mass is 10.1. The minimum atomic E-state index is -3.34. The normalized spacial score (nSPS) is 11.6. The summed E-state index contributed by atoms with van der Waals surface area (Å²) in [6.45, 7) is 2.19. The van der Waals surface area contributed by atoms with Gasteiger partial charge in [-0.3, -0.25) is 4.18 Å². The van der Waals surface area contributed by atoms with Gasteiger partial charge in [-0.25, -0.2) is 0 Å². The van der Waals surface area contributed by atoms with Gasteiger partial charge in [0.2, 0.25) is 0 Å². The average Bonchev–Trinajstić information content (AvgIpc) is 2.14. The van der Waals surface area contributed by atoms with Crippen molar-refractivity contribution >= 4 is 10.1 Å². The fraction of sp³-hybridized carbons (Fsp3) is 0.400. The molecule has 0 N–H and O–H groups in total. The standard InChI is InChI=1S/C10H14O3S/c1-3-9-4-6-10(7-5-9)8-13-14(2,11)12/h4-7H,3,8H2,1-2H3. The molecule has 0 unspecified atom stereocenters. The topological polar surface area (TPSA) is 43.4 Å². The molecule has 0 radical (unpaired) electrons. The molecule has 1 aromatic rings. The molecule has 78 valence electrons. The Morgan fingerprint density at radius 3 is 2.07 bits per heavy atom. The van der Waals surface area contributed by atoms with E-state index in [1.807, 2.05) is 24.3 Å². The van der Waals surface area contributed by atoms with Crippen molar-refractivity contribution in [3.8, 4) is 0 Å². The van der Waals surface area contributed by atoms with Gasteiger partial charge < -0.3 is 0 Å². The van der Waals surface area contributed by atoms with E-state index in [9.17, 15) is 8.42 Å². The number of benzene rings is 1. The third kappa shape index (κ3) is 3.89. The molecule has 0 saturated heterocycles. The number of hydrogen-bond acceptors (Lipinski definition) is 3. The maximum Gasteiger partial charge on any atom is 0.264 e. The molecule has 0 heterocycles. The van der Waals surface area contributed by atoms with Crippen molar-refractivity contribution in [3.63, 3.8) is 0 Å². The van der Waals surface area contributed by atoms with E-state index in [0.29, 0.717) is 0 Å². The minimum absolute atomic E-state index is 0.114. The van der Waals surface area contributed by atoms with Gasteiger partial charge in [-0.05, 0) is 17.5 Å². The molecule has 1 aromatic carbocycles. The first kappa shape index (κ1) is 11.2. The van der Waals surface area contributed by atoms with Crippen LogP contribution in [0.5, 0.6) is 0 Å². The summed E-state index contributed by atoms with van der Waals surface area (Å²) in [6.07, 6.45) is 2.03. The van der Waals surface area contributed by atoms with Gasteiger partial charge in [-0.15, -0.1) is 0 Å². The Morgan fingerprint density at radius 2 is 1.64 bits per heavy atom. The first-order valence-corrected chi connectivity index (χ1v) is 6.25. The monoisotopic (exact) mass is 214 g/mol. The molecular weight excluding hydrogens is 200 g/mol. The Hall–Kier alpha value is -0.870. The molecule has 1 rings (SSSR count). The molecule has 0 aliphatic rings. The molecule has 0 aliphatic heterocycles. The molecule has 0 bridgehead atoms. The third-order valence-corrected chi connectivity index (χ3v) is 2.42. The largest absolute Gasteiger partial charge is 0.265 e. The van der Waals surface area contributed by atoms with Crippen molar-refractivity contribution in [1.29, 1.82) is 0 Å². The van der Waals surface area contributed by atoms with Crippen molar-refractivity contribution in [1.82, 2.24) is 0 Å². The van der Waals surface area contributed by atoms with E-state index < -0.39 is 10.1 Å². The van der Waals surface area contributed by atoms with Gasteiger partial charge in [0.05, 0.1) is 12.9 Å². The molecular formula is C10H14O3S. The molecule has 0 atom stereocenters. The second-order valence-electron chi connectivity index (χ2n) is 3.14. The van der Waals surface area contributed by atoms with Crippen LogP contribution in [0.3, 0.4) is 0 Å². The van der Waals surface area contributed by atoms with Gasteiger partial charge in [0.15, 0.2) is 0 Å². The van der Waals surface area contributed by atoms with E-state index in [4.69, 9.17) is 0 Å².